The van der Waals surface area contributed by atoms with Crippen LogP contribution in [0.2, 0.25) is 0 Å². The van der Waals surface area contributed by atoms with Gasteiger partial charge in [-0.1, -0.05) is 236 Å². The number of carbonyl (C=O) groups is 3. The van der Waals surface area contributed by atoms with Gasteiger partial charge in [-0.15, -0.1) is 0 Å². The summed E-state index contributed by atoms with van der Waals surface area (Å²) in [6.45, 7) is 4.62. The molecule has 454 valence electrons. The summed E-state index contributed by atoms with van der Waals surface area (Å²) in [5.74, 6) is -1.48. The summed E-state index contributed by atoms with van der Waals surface area (Å²) in [5.41, 5.74) is 0. The SMILES string of the molecule is CCCCC/C=C\C/C=C\C/C=C\CCCCCCCCC(=O)OC(COC(=O)CCCCCCC/C=C\CCCCCC)COP(=O)(O)OCC(CO)OC(=O)CCCCCCCCCCC/C=C\CCCCCCCC. The molecule has 0 saturated carbocycles. The first-order valence-corrected chi connectivity index (χ1v) is 33.7. The second kappa shape index (κ2) is 60.3. The molecule has 0 saturated heterocycles. The first kappa shape index (κ1) is 75.2. The highest BCUT2D eigenvalue weighted by molar-refractivity contribution is 7.47. The maximum absolute atomic E-state index is 12.9. The summed E-state index contributed by atoms with van der Waals surface area (Å²) in [7, 11) is -4.76. The van der Waals surface area contributed by atoms with Crippen LogP contribution in [-0.2, 0) is 42.2 Å². The molecule has 0 aromatic rings. The average molecular weight is 1120 g/mol. The van der Waals surface area contributed by atoms with Crippen molar-refractivity contribution in [2.75, 3.05) is 26.4 Å². The fraction of sp³-hybridized carbons (Fsp3) is 0.803. The van der Waals surface area contributed by atoms with E-state index in [1.807, 2.05) is 0 Å². The van der Waals surface area contributed by atoms with Gasteiger partial charge in [0.25, 0.3) is 0 Å². The monoisotopic (exact) mass is 1120 g/mol. The molecule has 3 unspecified atom stereocenters. The van der Waals surface area contributed by atoms with Crippen molar-refractivity contribution in [1.82, 2.24) is 0 Å². The van der Waals surface area contributed by atoms with E-state index in [1.54, 1.807) is 0 Å². The van der Waals surface area contributed by atoms with Crippen LogP contribution in [0, 0.1) is 0 Å². The Bertz CT molecular complexity index is 1540. The normalized spacial score (nSPS) is 13.7. The van der Waals surface area contributed by atoms with Gasteiger partial charge in [0.2, 0.25) is 0 Å². The molecule has 78 heavy (non-hydrogen) atoms. The van der Waals surface area contributed by atoms with Gasteiger partial charge in [-0.05, 0) is 109 Å². The lowest BCUT2D eigenvalue weighted by molar-refractivity contribution is -0.161. The second-order valence-electron chi connectivity index (χ2n) is 21.6. The molecule has 0 amide bonds. The lowest BCUT2D eigenvalue weighted by Crippen LogP contribution is -2.30. The summed E-state index contributed by atoms with van der Waals surface area (Å²) in [6.07, 6.45) is 67.4. The van der Waals surface area contributed by atoms with Crippen LogP contribution >= 0.6 is 7.82 Å². The molecular formula is C66H119O11P. The molecule has 0 heterocycles. The van der Waals surface area contributed by atoms with E-state index in [0.717, 1.165) is 109 Å². The average Bonchev–Trinajstić information content (AvgIpc) is 3.43. The van der Waals surface area contributed by atoms with Crippen molar-refractivity contribution >= 4 is 25.7 Å². The molecule has 3 atom stereocenters. The minimum Gasteiger partial charge on any atom is -0.462 e. The summed E-state index contributed by atoms with van der Waals surface area (Å²) in [6, 6.07) is 0. The fourth-order valence-corrected chi connectivity index (χ4v) is 9.73. The van der Waals surface area contributed by atoms with E-state index in [9.17, 15) is 28.9 Å². The van der Waals surface area contributed by atoms with Gasteiger partial charge in [0.05, 0.1) is 19.8 Å². The first-order chi connectivity index (χ1) is 38.2. The van der Waals surface area contributed by atoms with E-state index in [2.05, 4.69) is 81.5 Å². The van der Waals surface area contributed by atoms with Crippen molar-refractivity contribution in [2.45, 2.75) is 315 Å². The van der Waals surface area contributed by atoms with Crippen LogP contribution in [0.4, 0.5) is 0 Å². The Hall–Kier alpha value is -2.82. The maximum Gasteiger partial charge on any atom is 0.472 e. The lowest BCUT2D eigenvalue weighted by atomic mass is 10.1. The highest BCUT2D eigenvalue weighted by Gasteiger charge is 2.28. The van der Waals surface area contributed by atoms with Crippen LogP contribution in [0.25, 0.3) is 0 Å². The smallest absolute Gasteiger partial charge is 0.462 e. The zero-order chi connectivity index (χ0) is 56.9. The third-order valence-corrected chi connectivity index (χ3v) is 14.8. The molecule has 0 radical (unpaired) electrons. The summed E-state index contributed by atoms with van der Waals surface area (Å²) < 4.78 is 39.7. The number of aliphatic hydroxyl groups is 1. The van der Waals surface area contributed by atoms with Crippen LogP contribution in [0.3, 0.4) is 0 Å². The third-order valence-electron chi connectivity index (χ3n) is 13.9. The quantitative estimate of drug-likeness (QED) is 0.0197. The van der Waals surface area contributed by atoms with Gasteiger partial charge >= 0.3 is 25.7 Å². The molecule has 11 nitrogen and oxygen atoms in total. The molecule has 0 fully saturated rings. The first-order valence-electron chi connectivity index (χ1n) is 32.2. The van der Waals surface area contributed by atoms with Gasteiger partial charge in [0.1, 0.15) is 12.7 Å². The Morgan fingerprint density at radius 2 is 0.628 bits per heavy atom. The summed E-state index contributed by atoms with van der Waals surface area (Å²) in [4.78, 5) is 48.7. The molecule has 0 aromatic carbocycles. The number of aliphatic hydroxyl groups excluding tert-OH is 1. The predicted molar refractivity (Wildman–Crippen MR) is 325 cm³/mol. The number of allylic oxidation sites excluding steroid dienone is 10. The zero-order valence-electron chi connectivity index (χ0n) is 50.4. The minimum atomic E-state index is -4.76. The van der Waals surface area contributed by atoms with Crippen molar-refractivity contribution in [2.24, 2.45) is 0 Å². The van der Waals surface area contributed by atoms with Crippen LogP contribution in [0.15, 0.2) is 60.8 Å². The molecule has 2 N–H and O–H groups in total. The Labute approximate surface area is 478 Å². The van der Waals surface area contributed by atoms with Crippen LogP contribution in [0.1, 0.15) is 303 Å². The molecule has 0 rings (SSSR count). The summed E-state index contributed by atoms with van der Waals surface area (Å²) >= 11 is 0. The van der Waals surface area contributed by atoms with Crippen LogP contribution in [0.5, 0.6) is 0 Å². The molecule has 0 spiro atoms. The Morgan fingerprint density at radius 3 is 1.01 bits per heavy atom. The van der Waals surface area contributed by atoms with E-state index < -0.39 is 57.8 Å². The number of ether oxygens (including phenoxy) is 3. The van der Waals surface area contributed by atoms with Crippen LogP contribution < -0.4 is 0 Å². The van der Waals surface area contributed by atoms with Gasteiger partial charge in [0.15, 0.2) is 6.10 Å². The predicted octanol–water partition coefficient (Wildman–Crippen LogP) is 19.5. The number of rotatable bonds is 60. The van der Waals surface area contributed by atoms with E-state index in [4.69, 9.17) is 23.3 Å². The molecule has 0 aliphatic rings. The van der Waals surface area contributed by atoms with Crippen molar-refractivity contribution < 1.29 is 52.2 Å². The maximum atomic E-state index is 12.9. The molecule has 0 aliphatic heterocycles. The van der Waals surface area contributed by atoms with E-state index in [0.29, 0.717) is 19.3 Å². The number of phosphoric ester groups is 1. The highest BCUT2D eigenvalue weighted by atomic mass is 31.2. The van der Waals surface area contributed by atoms with Crippen LogP contribution in [-0.4, -0.2) is 66.5 Å². The van der Waals surface area contributed by atoms with Gasteiger partial charge in [-0.2, -0.15) is 0 Å². The topological polar surface area (TPSA) is 155 Å². The standard InChI is InChI=1S/C66H119O11P/c1-4-7-10-13-16-19-22-25-27-29-31-33-35-38-41-44-47-50-53-56-65(69)76-62(58-67)60-74-78(71,72)75-61-63(59-73-64(68)55-52-49-46-43-40-37-24-21-18-15-12-9-6-3)77-66(70)57-54-51-48-45-42-39-36-34-32-30-28-26-23-20-17-14-11-8-5-2/h17,20-21,24-28,32,34,62-63,67H,4-16,18-19,22-23,29-31,33,35-61H2,1-3H3,(H,71,72)/b20-17-,24-21-,27-25-,28-26-,34-32-. The highest BCUT2D eigenvalue weighted by Crippen LogP contribution is 2.43. The number of carbonyl (C=O) groups excluding carboxylic acids is 3. The van der Waals surface area contributed by atoms with Gasteiger partial charge in [-0.3, -0.25) is 23.4 Å². The van der Waals surface area contributed by atoms with Gasteiger partial charge in [-0.25, -0.2) is 4.57 Å². The van der Waals surface area contributed by atoms with E-state index in [1.165, 1.54) is 135 Å². The Balaban J connectivity index is 4.66. The molecule has 12 heteroatoms. The van der Waals surface area contributed by atoms with Gasteiger partial charge in [0, 0.05) is 19.3 Å². The molecule has 0 aromatic heterocycles. The Morgan fingerprint density at radius 1 is 0.359 bits per heavy atom. The number of hydrogen-bond donors (Lipinski definition) is 2. The number of esters is 3. The number of phosphoric acid groups is 1. The van der Waals surface area contributed by atoms with Crippen molar-refractivity contribution in [1.29, 1.82) is 0 Å². The third kappa shape index (κ3) is 57.9. The van der Waals surface area contributed by atoms with E-state index >= 15 is 0 Å². The zero-order valence-corrected chi connectivity index (χ0v) is 51.3. The van der Waals surface area contributed by atoms with Crippen molar-refractivity contribution in [3.8, 4) is 0 Å². The van der Waals surface area contributed by atoms with Crippen molar-refractivity contribution in [3.05, 3.63) is 60.8 Å². The van der Waals surface area contributed by atoms with Crippen molar-refractivity contribution in [3.63, 3.8) is 0 Å². The Kier molecular flexibility index (Phi) is 58.1. The number of unbranched alkanes of at least 4 members (excludes halogenated alkanes) is 33. The fourth-order valence-electron chi connectivity index (χ4n) is 8.94. The van der Waals surface area contributed by atoms with E-state index in [-0.39, 0.29) is 25.9 Å². The van der Waals surface area contributed by atoms with Gasteiger partial charge < -0.3 is 24.2 Å². The largest absolute Gasteiger partial charge is 0.472 e. The summed E-state index contributed by atoms with van der Waals surface area (Å²) in [5, 5.41) is 9.85. The minimum absolute atomic E-state index is 0.152. The molecule has 0 bridgehead atoms. The molecule has 0 aliphatic carbocycles. The number of hydrogen-bond acceptors (Lipinski definition) is 10. The molecular weight excluding hydrogens is 1000 g/mol. The lowest BCUT2D eigenvalue weighted by Gasteiger charge is -2.21. The second-order valence-corrected chi connectivity index (χ2v) is 23.0.